The monoisotopic (exact) mass is 267 g/mol. The van der Waals surface area contributed by atoms with Crippen LogP contribution >= 0.6 is 0 Å². The maximum absolute atomic E-state index is 11.7. The smallest absolute Gasteiger partial charge is 0.127 e. The molecule has 2 fully saturated rings. The summed E-state index contributed by atoms with van der Waals surface area (Å²) >= 11 is 0. The molecule has 0 amide bonds. The van der Waals surface area contributed by atoms with Crippen LogP contribution in [0.3, 0.4) is 0 Å². The van der Waals surface area contributed by atoms with Crippen molar-refractivity contribution in [2.45, 2.75) is 64.3 Å². The molecule has 0 radical (unpaired) electrons. The van der Waals surface area contributed by atoms with Gasteiger partial charge >= 0.3 is 0 Å². The molecule has 3 nitrogen and oxygen atoms in total. The van der Waals surface area contributed by atoms with Crippen LogP contribution < -0.4 is 0 Å². The number of hydrogen-bond acceptors (Lipinski definition) is 3. The molecule has 0 aromatic carbocycles. The summed E-state index contributed by atoms with van der Waals surface area (Å²) in [5.74, 6) is 0.769. The van der Waals surface area contributed by atoms with Crippen molar-refractivity contribution < 1.29 is 9.90 Å². The molecule has 1 saturated carbocycles. The van der Waals surface area contributed by atoms with Gasteiger partial charge in [0.05, 0.1) is 6.61 Å². The van der Waals surface area contributed by atoms with Crippen LogP contribution in [0.5, 0.6) is 0 Å². The third-order valence-electron chi connectivity index (χ3n) is 5.25. The molecule has 1 saturated heterocycles. The highest BCUT2D eigenvalue weighted by atomic mass is 16.3. The van der Waals surface area contributed by atoms with Crippen LogP contribution in [-0.4, -0.2) is 42.0 Å². The minimum atomic E-state index is -0.135. The van der Waals surface area contributed by atoms with Crippen LogP contribution in [0.4, 0.5) is 0 Å². The van der Waals surface area contributed by atoms with E-state index in [1.165, 1.54) is 38.4 Å². The molecule has 1 aliphatic carbocycles. The molecule has 1 unspecified atom stereocenters. The maximum Gasteiger partial charge on any atom is 0.127 e. The highest BCUT2D eigenvalue weighted by Crippen LogP contribution is 2.38. The van der Waals surface area contributed by atoms with E-state index in [2.05, 4.69) is 11.8 Å². The number of carbonyl (C=O) groups is 1. The molecule has 2 rings (SSSR count). The Hall–Kier alpha value is -0.410. The Kier molecular flexibility index (Phi) is 5.40. The lowest BCUT2D eigenvalue weighted by Crippen LogP contribution is -2.46. The molecule has 1 N–H and O–H groups in total. The summed E-state index contributed by atoms with van der Waals surface area (Å²) in [7, 11) is 0. The first-order valence-electron chi connectivity index (χ1n) is 8.00. The standard InChI is InChI=1S/C16H29NO2/c1-14-6-8-16(13-19,9-7-14)12-17-10-4-2-3-5-15(17)11-18/h13-15,18H,2-12H2,1H3. The lowest BCUT2D eigenvalue weighted by atomic mass is 9.71. The predicted molar refractivity (Wildman–Crippen MR) is 77.0 cm³/mol. The maximum atomic E-state index is 11.7. The first-order chi connectivity index (χ1) is 9.19. The number of aliphatic hydroxyl groups is 1. The average Bonchev–Trinajstić information content (AvgIpc) is 2.66. The number of rotatable bonds is 4. The zero-order valence-corrected chi connectivity index (χ0v) is 12.3. The van der Waals surface area contributed by atoms with E-state index in [4.69, 9.17) is 0 Å². The summed E-state index contributed by atoms with van der Waals surface area (Å²) in [5, 5.41) is 9.58. The van der Waals surface area contributed by atoms with Gasteiger partial charge in [-0.2, -0.15) is 0 Å². The zero-order chi connectivity index (χ0) is 13.7. The number of likely N-dealkylation sites (tertiary alicyclic amines) is 1. The molecule has 0 aromatic rings. The van der Waals surface area contributed by atoms with Crippen molar-refractivity contribution in [3.05, 3.63) is 0 Å². The molecule has 2 aliphatic rings. The Morgan fingerprint density at radius 3 is 2.58 bits per heavy atom. The van der Waals surface area contributed by atoms with Gasteiger partial charge in [0.15, 0.2) is 0 Å². The Morgan fingerprint density at radius 1 is 1.21 bits per heavy atom. The van der Waals surface area contributed by atoms with Gasteiger partial charge in [0.2, 0.25) is 0 Å². The van der Waals surface area contributed by atoms with Gasteiger partial charge in [-0.3, -0.25) is 4.90 Å². The summed E-state index contributed by atoms with van der Waals surface area (Å²) in [6, 6.07) is 0.277. The second-order valence-corrected chi connectivity index (χ2v) is 6.82. The van der Waals surface area contributed by atoms with Gasteiger partial charge in [0, 0.05) is 18.0 Å². The van der Waals surface area contributed by atoms with E-state index >= 15 is 0 Å². The van der Waals surface area contributed by atoms with E-state index in [0.29, 0.717) is 0 Å². The molecule has 1 heterocycles. The van der Waals surface area contributed by atoms with Crippen LogP contribution in [0.15, 0.2) is 0 Å². The van der Waals surface area contributed by atoms with Crippen LogP contribution in [0, 0.1) is 11.3 Å². The van der Waals surface area contributed by atoms with E-state index in [1.54, 1.807) is 0 Å². The summed E-state index contributed by atoms with van der Waals surface area (Å²) in [6.45, 7) is 4.45. The van der Waals surface area contributed by atoms with Crippen molar-refractivity contribution in [2.24, 2.45) is 11.3 Å². The highest BCUT2D eigenvalue weighted by Gasteiger charge is 2.37. The zero-order valence-electron chi connectivity index (χ0n) is 12.3. The molecular formula is C16H29NO2. The largest absolute Gasteiger partial charge is 0.395 e. The van der Waals surface area contributed by atoms with E-state index in [9.17, 15) is 9.90 Å². The molecule has 3 heteroatoms. The molecule has 19 heavy (non-hydrogen) atoms. The second-order valence-electron chi connectivity index (χ2n) is 6.82. The lowest BCUT2D eigenvalue weighted by molar-refractivity contribution is -0.120. The highest BCUT2D eigenvalue weighted by molar-refractivity contribution is 5.60. The normalized spacial score (nSPS) is 37.8. The number of aliphatic hydroxyl groups excluding tert-OH is 1. The molecule has 1 aliphatic heterocycles. The molecule has 1 atom stereocenters. The molecule has 0 aromatic heterocycles. The van der Waals surface area contributed by atoms with Gasteiger partial charge in [-0.1, -0.05) is 19.8 Å². The lowest BCUT2D eigenvalue weighted by Gasteiger charge is -2.40. The van der Waals surface area contributed by atoms with Crippen LogP contribution in [0.2, 0.25) is 0 Å². The number of hydrogen-bond donors (Lipinski definition) is 1. The van der Waals surface area contributed by atoms with Crippen molar-refractivity contribution in [2.75, 3.05) is 19.7 Å². The van der Waals surface area contributed by atoms with Crippen molar-refractivity contribution in [1.29, 1.82) is 0 Å². The van der Waals surface area contributed by atoms with E-state index in [1.807, 2.05) is 0 Å². The number of nitrogens with zero attached hydrogens (tertiary/aromatic N) is 1. The van der Waals surface area contributed by atoms with Crippen LogP contribution in [-0.2, 0) is 4.79 Å². The Morgan fingerprint density at radius 2 is 1.95 bits per heavy atom. The number of carbonyl (C=O) groups excluding carboxylic acids is 1. The SMILES string of the molecule is CC1CCC(C=O)(CN2CCCCCC2CO)CC1. The third kappa shape index (κ3) is 3.79. The fraction of sp³-hybridized carbons (Fsp3) is 0.938. The molecular weight excluding hydrogens is 238 g/mol. The van der Waals surface area contributed by atoms with Gasteiger partial charge in [-0.05, 0) is 51.0 Å². The van der Waals surface area contributed by atoms with Crippen LogP contribution in [0.25, 0.3) is 0 Å². The minimum Gasteiger partial charge on any atom is -0.395 e. The molecule has 0 spiro atoms. The quantitative estimate of drug-likeness (QED) is 0.796. The van der Waals surface area contributed by atoms with Gasteiger partial charge in [-0.25, -0.2) is 0 Å². The van der Waals surface area contributed by atoms with Crippen molar-refractivity contribution >= 4 is 6.29 Å². The van der Waals surface area contributed by atoms with E-state index < -0.39 is 0 Å². The van der Waals surface area contributed by atoms with Crippen LogP contribution in [0.1, 0.15) is 58.3 Å². The first-order valence-corrected chi connectivity index (χ1v) is 8.00. The van der Waals surface area contributed by atoms with Gasteiger partial charge in [0.1, 0.15) is 6.29 Å². The van der Waals surface area contributed by atoms with E-state index in [0.717, 1.165) is 38.3 Å². The van der Waals surface area contributed by atoms with Crippen molar-refractivity contribution in [1.82, 2.24) is 4.90 Å². The summed E-state index contributed by atoms with van der Waals surface area (Å²) in [5.41, 5.74) is -0.135. The van der Waals surface area contributed by atoms with Gasteiger partial charge in [0.25, 0.3) is 0 Å². The van der Waals surface area contributed by atoms with E-state index in [-0.39, 0.29) is 18.1 Å². The predicted octanol–water partition coefficient (Wildman–Crippen LogP) is 2.62. The number of aldehydes is 1. The first kappa shape index (κ1) is 15.0. The summed E-state index contributed by atoms with van der Waals surface area (Å²) < 4.78 is 0. The van der Waals surface area contributed by atoms with Crippen molar-refractivity contribution in [3.8, 4) is 0 Å². The van der Waals surface area contributed by atoms with Gasteiger partial charge < -0.3 is 9.90 Å². The Balaban J connectivity index is 2.01. The third-order valence-corrected chi connectivity index (χ3v) is 5.25. The average molecular weight is 267 g/mol. The van der Waals surface area contributed by atoms with Gasteiger partial charge in [-0.15, -0.1) is 0 Å². The fourth-order valence-corrected chi connectivity index (χ4v) is 3.71. The molecule has 110 valence electrons. The Bertz CT molecular complexity index is 284. The summed E-state index contributed by atoms with van der Waals surface area (Å²) in [4.78, 5) is 14.1. The summed E-state index contributed by atoms with van der Waals surface area (Å²) in [6.07, 6.45) is 10.4. The fourth-order valence-electron chi connectivity index (χ4n) is 3.71. The Labute approximate surface area is 117 Å². The second kappa shape index (κ2) is 6.85. The molecule has 0 bridgehead atoms. The minimum absolute atomic E-state index is 0.135. The topological polar surface area (TPSA) is 40.5 Å². The van der Waals surface area contributed by atoms with Crippen molar-refractivity contribution in [3.63, 3.8) is 0 Å².